The summed E-state index contributed by atoms with van der Waals surface area (Å²) in [5.74, 6) is 1.31. The highest BCUT2D eigenvalue weighted by Crippen LogP contribution is 2.30. The molecule has 0 aromatic rings. The van der Waals surface area contributed by atoms with Crippen LogP contribution in [0.4, 0.5) is 0 Å². The third kappa shape index (κ3) is 5.25. The van der Waals surface area contributed by atoms with Crippen LogP contribution in [0.2, 0.25) is 0 Å². The molecule has 18 heavy (non-hydrogen) atoms. The van der Waals surface area contributed by atoms with Crippen molar-refractivity contribution < 1.29 is 5.21 Å². The van der Waals surface area contributed by atoms with Crippen molar-refractivity contribution in [3.05, 3.63) is 0 Å². The average molecular weight is 255 g/mol. The predicted octanol–water partition coefficient (Wildman–Crippen LogP) is 2.66. The van der Waals surface area contributed by atoms with Gasteiger partial charge in [-0.3, -0.25) is 0 Å². The first-order chi connectivity index (χ1) is 8.49. The maximum Gasteiger partial charge on any atom is 0.144 e. The summed E-state index contributed by atoms with van der Waals surface area (Å²) in [7, 11) is 0. The summed E-state index contributed by atoms with van der Waals surface area (Å²) in [6.07, 6.45) is 6.15. The number of unbranched alkanes of at least 4 members (excludes halogenated alkanes) is 1. The quantitative estimate of drug-likeness (QED) is 0.219. The summed E-state index contributed by atoms with van der Waals surface area (Å²) in [6, 6.07) is 0. The Labute approximate surface area is 111 Å². The normalized spacial score (nSPS) is 17.4. The lowest BCUT2D eigenvalue weighted by atomic mass is 9.86. The lowest BCUT2D eigenvalue weighted by Crippen LogP contribution is -2.32. The third-order valence-corrected chi connectivity index (χ3v) is 3.99. The largest absolute Gasteiger partial charge is 0.409 e. The van der Waals surface area contributed by atoms with Crippen LogP contribution in [0.3, 0.4) is 0 Å². The molecule has 0 amide bonds. The predicted molar refractivity (Wildman–Crippen MR) is 75.9 cm³/mol. The zero-order chi connectivity index (χ0) is 13.6. The molecule has 0 radical (unpaired) electrons. The first kappa shape index (κ1) is 15.3. The van der Waals surface area contributed by atoms with Crippen molar-refractivity contribution in [2.75, 3.05) is 19.6 Å². The molecule has 0 spiro atoms. The number of nitrogens with two attached hydrogens (primary N) is 1. The monoisotopic (exact) mass is 255 g/mol. The van der Waals surface area contributed by atoms with Crippen LogP contribution < -0.4 is 5.73 Å². The van der Waals surface area contributed by atoms with Crippen LogP contribution in [0, 0.1) is 11.3 Å². The van der Waals surface area contributed by atoms with Crippen LogP contribution in [-0.2, 0) is 0 Å². The molecule has 1 saturated carbocycles. The van der Waals surface area contributed by atoms with Gasteiger partial charge in [0.2, 0.25) is 0 Å². The molecule has 0 aliphatic heterocycles. The van der Waals surface area contributed by atoms with Crippen molar-refractivity contribution in [2.24, 2.45) is 22.2 Å². The molecule has 0 atom stereocenters. The van der Waals surface area contributed by atoms with Gasteiger partial charge in [0.15, 0.2) is 0 Å². The zero-order valence-electron chi connectivity index (χ0n) is 12.2. The van der Waals surface area contributed by atoms with Gasteiger partial charge in [-0.25, -0.2) is 0 Å². The summed E-state index contributed by atoms with van der Waals surface area (Å²) in [5, 5.41) is 11.8. The Balaban J connectivity index is 2.16. The van der Waals surface area contributed by atoms with Gasteiger partial charge in [-0.2, -0.15) is 0 Å². The molecule has 1 aliphatic carbocycles. The van der Waals surface area contributed by atoms with Crippen molar-refractivity contribution in [1.29, 1.82) is 0 Å². The Bertz CT molecular complexity index is 272. The topological polar surface area (TPSA) is 61.8 Å². The third-order valence-electron chi connectivity index (χ3n) is 3.99. The van der Waals surface area contributed by atoms with Gasteiger partial charge in [-0.05, 0) is 44.7 Å². The molecule has 0 heterocycles. The van der Waals surface area contributed by atoms with Crippen molar-refractivity contribution in [3.63, 3.8) is 0 Å². The van der Waals surface area contributed by atoms with Crippen molar-refractivity contribution >= 4 is 5.84 Å². The zero-order valence-corrected chi connectivity index (χ0v) is 12.2. The van der Waals surface area contributed by atoms with E-state index in [2.05, 4.69) is 17.0 Å². The molecule has 4 heteroatoms. The Morgan fingerprint density at radius 1 is 1.39 bits per heavy atom. The molecule has 0 unspecified atom stereocenters. The minimum Gasteiger partial charge on any atom is -0.409 e. The van der Waals surface area contributed by atoms with Gasteiger partial charge in [-0.15, -0.1) is 0 Å². The molecule has 0 aromatic heterocycles. The van der Waals surface area contributed by atoms with E-state index in [0.717, 1.165) is 25.3 Å². The van der Waals surface area contributed by atoms with E-state index in [1.54, 1.807) is 0 Å². The second kappa shape index (κ2) is 6.98. The Kier molecular flexibility index (Phi) is 5.93. The molecule has 106 valence electrons. The number of oxime groups is 1. The standard InChI is InChI=1S/C14H29N3O/c1-4-17(11-12-7-8-12)10-6-5-9-14(2,3)13(15)16-18/h12,18H,4-11H2,1-3H3,(H2,15,16). The second-order valence-corrected chi connectivity index (χ2v) is 6.16. The summed E-state index contributed by atoms with van der Waals surface area (Å²) in [5.41, 5.74) is 5.49. The number of hydrogen-bond acceptors (Lipinski definition) is 3. The van der Waals surface area contributed by atoms with Crippen LogP contribution in [0.5, 0.6) is 0 Å². The Morgan fingerprint density at radius 3 is 2.56 bits per heavy atom. The molecule has 1 rings (SSSR count). The molecule has 0 bridgehead atoms. The molecular weight excluding hydrogens is 226 g/mol. The molecule has 0 saturated heterocycles. The maximum atomic E-state index is 8.71. The van der Waals surface area contributed by atoms with Gasteiger partial charge < -0.3 is 15.8 Å². The van der Waals surface area contributed by atoms with Gasteiger partial charge in [-0.1, -0.05) is 32.3 Å². The van der Waals surface area contributed by atoms with E-state index >= 15 is 0 Å². The van der Waals surface area contributed by atoms with Crippen molar-refractivity contribution in [3.8, 4) is 0 Å². The smallest absolute Gasteiger partial charge is 0.144 e. The summed E-state index contributed by atoms with van der Waals surface area (Å²) in [4.78, 5) is 2.55. The Morgan fingerprint density at radius 2 is 2.06 bits per heavy atom. The van der Waals surface area contributed by atoms with Crippen LogP contribution >= 0.6 is 0 Å². The number of amidine groups is 1. The van der Waals surface area contributed by atoms with Gasteiger partial charge >= 0.3 is 0 Å². The van der Waals surface area contributed by atoms with Crippen LogP contribution in [0.15, 0.2) is 5.16 Å². The number of nitrogens with zero attached hydrogens (tertiary/aromatic N) is 2. The van der Waals surface area contributed by atoms with Gasteiger partial charge in [0.25, 0.3) is 0 Å². The van der Waals surface area contributed by atoms with Crippen LogP contribution in [0.1, 0.15) is 52.9 Å². The maximum absolute atomic E-state index is 8.71. The van der Waals surface area contributed by atoms with Crippen LogP contribution in [-0.4, -0.2) is 35.6 Å². The van der Waals surface area contributed by atoms with Gasteiger partial charge in [0.05, 0.1) is 0 Å². The van der Waals surface area contributed by atoms with Crippen molar-refractivity contribution in [1.82, 2.24) is 4.90 Å². The van der Waals surface area contributed by atoms with E-state index in [0.29, 0.717) is 5.84 Å². The Hall–Kier alpha value is -0.770. The van der Waals surface area contributed by atoms with Crippen molar-refractivity contribution in [2.45, 2.75) is 52.9 Å². The second-order valence-electron chi connectivity index (χ2n) is 6.16. The van der Waals surface area contributed by atoms with E-state index in [1.807, 2.05) is 13.8 Å². The summed E-state index contributed by atoms with van der Waals surface area (Å²) >= 11 is 0. The highest BCUT2D eigenvalue weighted by Gasteiger charge is 2.24. The fourth-order valence-corrected chi connectivity index (χ4v) is 2.21. The summed E-state index contributed by atoms with van der Waals surface area (Å²) < 4.78 is 0. The summed E-state index contributed by atoms with van der Waals surface area (Å²) in [6.45, 7) is 9.91. The number of rotatable bonds is 9. The minimum atomic E-state index is -0.192. The van der Waals surface area contributed by atoms with E-state index in [4.69, 9.17) is 10.9 Å². The first-order valence-electron chi connectivity index (χ1n) is 7.20. The fraction of sp³-hybridized carbons (Fsp3) is 0.929. The molecule has 1 fully saturated rings. The van der Waals surface area contributed by atoms with E-state index in [1.165, 1.54) is 32.4 Å². The van der Waals surface area contributed by atoms with E-state index in [-0.39, 0.29) is 5.41 Å². The molecule has 3 N–H and O–H groups in total. The molecule has 4 nitrogen and oxygen atoms in total. The van der Waals surface area contributed by atoms with Gasteiger partial charge in [0.1, 0.15) is 5.84 Å². The number of hydrogen-bond donors (Lipinski definition) is 2. The highest BCUT2D eigenvalue weighted by molar-refractivity contribution is 5.85. The SMILES string of the molecule is CCN(CCCCC(C)(C)C(N)=NO)CC1CC1. The molecular formula is C14H29N3O. The fourth-order valence-electron chi connectivity index (χ4n) is 2.21. The molecule has 1 aliphatic rings. The molecule has 0 aromatic carbocycles. The first-order valence-corrected chi connectivity index (χ1v) is 7.20. The average Bonchev–Trinajstić information content (AvgIpc) is 3.15. The lowest BCUT2D eigenvalue weighted by Gasteiger charge is -2.24. The van der Waals surface area contributed by atoms with Crippen LogP contribution in [0.25, 0.3) is 0 Å². The van der Waals surface area contributed by atoms with E-state index in [9.17, 15) is 0 Å². The van der Waals surface area contributed by atoms with Gasteiger partial charge in [0, 0.05) is 12.0 Å². The highest BCUT2D eigenvalue weighted by atomic mass is 16.4. The van der Waals surface area contributed by atoms with E-state index < -0.39 is 0 Å². The lowest BCUT2D eigenvalue weighted by molar-refractivity contribution is 0.264. The minimum absolute atomic E-state index is 0.192.